The van der Waals surface area contributed by atoms with Gasteiger partial charge in [0.1, 0.15) is 0 Å². The summed E-state index contributed by atoms with van der Waals surface area (Å²) < 4.78 is 5.89. The molecule has 0 aromatic rings. The van der Waals surface area contributed by atoms with Crippen molar-refractivity contribution in [3.05, 3.63) is 0 Å². The van der Waals surface area contributed by atoms with E-state index in [-0.39, 0.29) is 17.4 Å². The standard InChI is InChI=1S/C19H39N3O3/c1-8-16(23)21-14-19(6,7)25-13-11-18(4,5)22-17(24)10-9-12-20-15(2)3/h15,20H,8-14H2,1-7H3,(H,21,23)(H,22,24). The molecule has 0 aliphatic carbocycles. The molecule has 6 heteroatoms. The van der Waals surface area contributed by atoms with Crippen molar-refractivity contribution in [2.45, 2.75) is 91.3 Å². The maximum Gasteiger partial charge on any atom is 0.220 e. The van der Waals surface area contributed by atoms with Crippen LogP contribution in [0.2, 0.25) is 0 Å². The zero-order chi connectivity index (χ0) is 19.5. The van der Waals surface area contributed by atoms with Gasteiger partial charge in [0.15, 0.2) is 0 Å². The molecule has 0 saturated carbocycles. The van der Waals surface area contributed by atoms with Crippen LogP contribution in [0.15, 0.2) is 0 Å². The third-order valence-corrected chi connectivity index (χ3v) is 3.86. The Morgan fingerprint density at radius 2 is 1.72 bits per heavy atom. The molecular weight excluding hydrogens is 318 g/mol. The lowest BCUT2D eigenvalue weighted by Crippen LogP contribution is -2.46. The summed E-state index contributed by atoms with van der Waals surface area (Å²) in [4.78, 5) is 23.4. The Bertz CT molecular complexity index is 407. The van der Waals surface area contributed by atoms with Gasteiger partial charge in [0.2, 0.25) is 11.8 Å². The molecule has 3 N–H and O–H groups in total. The predicted octanol–water partition coefficient (Wildman–Crippen LogP) is 2.37. The van der Waals surface area contributed by atoms with Crippen molar-refractivity contribution in [3.8, 4) is 0 Å². The normalized spacial score (nSPS) is 12.3. The Hall–Kier alpha value is -1.14. The summed E-state index contributed by atoms with van der Waals surface area (Å²) in [6, 6.07) is 0.446. The van der Waals surface area contributed by atoms with Crippen LogP contribution < -0.4 is 16.0 Å². The fourth-order valence-electron chi connectivity index (χ4n) is 2.21. The highest BCUT2D eigenvalue weighted by molar-refractivity contribution is 5.76. The fourth-order valence-corrected chi connectivity index (χ4v) is 2.21. The predicted molar refractivity (Wildman–Crippen MR) is 103 cm³/mol. The number of nitrogens with one attached hydrogen (secondary N) is 3. The lowest BCUT2D eigenvalue weighted by atomic mass is 10.0. The molecule has 0 heterocycles. The third-order valence-electron chi connectivity index (χ3n) is 3.86. The molecule has 0 atom stereocenters. The maximum absolute atomic E-state index is 12.0. The molecule has 25 heavy (non-hydrogen) atoms. The number of ether oxygens (including phenoxy) is 1. The summed E-state index contributed by atoms with van der Waals surface area (Å²) in [7, 11) is 0. The van der Waals surface area contributed by atoms with E-state index in [1.807, 2.05) is 34.6 Å². The lowest BCUT2D eigenvalue weighted by molar-refractivity contribution is -0.124. The van der Waals surface area contributed by atoms with Gasteiger partial charge in [-0.1, -0.05) is 20.8 Å². The number of amides is 2. The molecule has 0 saturated heterocycles. The summed E-state index contributed by atoms with van der Waals surface area (Å²) in [5, 5.41) is 9.23. The molecule has 0 bridgehead atoms. The van der Waals surface area contributed by atoms with E-state index in [9.17, 15) is 9.59 Å². The molecule has 0 aromatic carbocycles. The van der Waals surface area contributed by atoms with E-state index in [1.54, 1.807) is 0 Å². The van der Waals surface area contributed by atoms with E-state index in [0.29, 0.717) is 38.5 Å². The van der Waals surface area contributed by atoms with Gasteiger partial charge in [-0.15, -0.1) is 0 Å². The number of rotatable bonds is 13. The van der Waals surface area contributed by atoms with Crippen molar-refractivity contribution in [2.24, 2.45) is 0 Å². The van der Waals surface area contributed by atoms with Gasteiger partial charge < -0.3 is 20.7 Å². The topological polar surface area (TPSA) is 79.5 Å². The second-order valence-electron chi connectivity index (χ2n) is 8.13. The number of carbonyl (C=O) groups excluding carboxylic acids is 2. The summed E-state index contributed by atoms with van der Waals surface area (Å²) in [5.74, 6) is 0.0984. The summed E-state index contributed by atoms with van der Waals surface area (Å²) in [5.41, 5.74) is -0.737. The van der Waals surface area contributed by atoms with Crippen LogP contribution in [-0.2, 0) is 14.3 Å². The number of carbonyl (C=O) groups is 2. The minimum absolute atomic E-state index is 0.0243. The van der Waals surface area contributed by atoms with Crippen molar-refractivity contribution in [1.82, 2.24) is 16.0 Å². The Labute approximate surface area is 153 Å². The SMILES string of the molecule is CCC(=O)NCC(C)(C)OCCC(C)(C)NC(=O)CCCNC(C)C. The Morgan fingerprint density at radius 3 is 2.28 bits per heavy atom. The van der Waals surface area contributed by atoms with Crippen molar-refractivity contribution in [2.75, 3.05) is 19.7 Å². The Morgan fingerprint density at radius 1 is 1.08 bits per heavy atom. The molecule has 0 fully saturated rings. The van der Waals surface area contributed by atoms with Crippen molar-refractivity contribution < 1.29 is 14.3 Å². The van der Waals surface area contributed by atoms with Crippen LogP contribution in [0.25, 0.3) is 0 Å². The van der Waals surface area contributed by atoms with Crippen LogP contribution in [0.1, 0.15) is 74.1 Å². The number of hydrogen-bond donors (Lipinski definition) is 3. The van der Waals surface area contributed by atoms with Crippen LogP contribution in [0, 0.1) is 0 Å². The van der Waals surface area contributed by atoms with Gasteiger partial charge in [-0.3, -0.25) is 9.59 Å². The van der Waals surface area contributed by atoms with Crippen LogP contribution in [0.3, 0.4) is 0 Å². The van der Waals surface area contributed by atoms with E-state index in [1.165, 1.54) is 0 Å². The monoisotopic (exact) mass is 357 g/mol. The van der Waals surface area contributed by atoms with Gasteiger partial charge in [0.25, 0.3) is 0 Å². The molecule has 0 rings (SSSR count). The first kappa shape index (κ1) is 23.9. The zero-order valence-corrected chi connectivity index (χ0v) is 17.3. The van der Waals surface area contributed by atoms with Crippen molar-refractivity contribution >= 4 is 11.8 Å². The van der Waals surface area contributed by atoms with E-state index >= 15 is 0 Å². The Kier molecular flexibility index (Phi) is 10.9. The molecule has 0 spiro atoms. The first-order valence-corrected chi connectivity index (χ1v) is 9.42. The second-order valence-corrected chi connectivity index (χ2v) is 8.13. The maximum atomic E-state index is 12.0. The smallest absolute Gasteiger partial charge is 0.220 e. The van der Waals surface area contributed by atoms with Crippen LogP contribution in [0.4, 0.5) is 0 Å². The molecule has 0 aromatic heterocycles. The van der Waals surface area contributed by atoms with Gasteiger partial charge in [0.05, 0.1) is 5.60 Å². The van der Waals surface area contributed by atoms with Crippen LogP contribution in [-0.4, -0.2) is 48.7 Å². The molecule has 0 aliphatic heterocycles. The molecule has 2 amide bonds. The second kappa shape index (κ2) is 11.5. The minimum atomic E-state index is -0.423. The first-order chi connectivity index (χ1) is 11.5. The quantitative estimate of drug-likeness (QED) is 0.442. The highest BCUT2D eigenvalue weighted by atomic mass is 16.5. The molecule has 6 nitrogen and oxygen atoms in total. The van der Waals surface area contributed by atoms with Gasteiger partial charge in [-0.25, -0.2) is 0 Å². The van der Waals surface area contributed by atoms with E-state index in [2.05, 4.69) is 29.8 Å². The van der Waals surface area contributed by atoms with E-state index in [0.717, 1.165) is 13.0 Å². The highest BCUT2D eigenvalue weighted by Gasteiger charge is 2.23. The summed E-state index contributed by atoms with van der Waals surface area (Å²) in [6.07, 6.45) is 2.55. The summed E-state index contributed by atoms with van der Waals surface area (Å²) in [6.45, 7) is 15.8. The largest absolute Gasteiger partial charge is 0.374 e. The van der Waals surface area contributed by atoms with Gasteiger partial charge >= 0.3 is 0 Å². The van der Waals surface area contributed by atoms with Gasteiger partial charge in [-0.05, 0) is 47.1 Å². The zero-order valence-electron chi connectivity index (χ0n) is 17.3. The average molecular weight is 358 g/mol. The minimum Gasteiger partial charge on any atom is -0.374 e. The Balaban J connectivity index is 4.05. The van der Waals surface area contributed by atoms with Crippen molar-refractivity contribution in [1.29, 1.82) is 0 Å². The molecular formula is C19H39N3O3. The van der Waals surface area contributed by atoms with Crippen molar-refractivity contribution in [3.63, 3.8) is 0 Å². The van der Waals surface area contributed by atoms with E-state index in [4.69, 9.17) is 4.74 Å². The number of hydrogen-bond acceptors (Lipinski definition) is 4. The molecule has 0 radical (unpaired) electrons. The van der Waals surface area contributed by atoms with Crippen LogP contribution in [0.5, 0.6) is 0 Å². The fraction of sp³-hybridized carbons (Fsp3) is 0.895. The third kappa shape index (κ3) is 13.8. The van der Waals surface area contributed by atoms with Crippen LogP contribution >= 0.6 is 0 Å². The molecule has 0 unspecified atom stereocenters. The highest BCUT2D eigenvalue weighted by Crippen LogP contribution is 2.14. The molecule has 148 valence electrons. The van der Waals surface area contributed by atoms with E-state index < -0.39 is 5.60 Å². The molecule has 0 aliphatic rings. The first-order valence-electron chi connectivity index (χ1n) is 9.42. The lowest BCUT2D eigenvalue weighted by Gasteiger charge is -2.30. The van der Waals surface area contributed by atoms with Gasteiger partial charge in [0, 0.05) is 37.6 Å². The summed E-state index contributed by atoms with van der Waals surface area (Å²) >= 11 is 0. The average Bonchev–Trinajstić information content (AvgIpc) is 2.48. The van der Waals surface area contributed by atoms with Gasteiger partial charge in [-0.2, -0.15) is 0 Å².